The molecule has 0 spiro atoms. The Kier molecular flexibility index (Phi) is 5.88. The van der Waals surface area contributed by atoms with E-state index in [1.165, 1.54) is 0 Å². The van der Waals surface area contributed by atoms with Crippen LogP contribution in [0, 0.1) is 13.8 Å². The molecular formula is C18H22F3N5O4. The number of carboxylic acids is 1. The van der Waals surface area contributed by atoms with Crippen molar-refractivity contribution in [2.24, 2.45) is 7.05 Å². The van der Waals surface area contributed by atoms with E-state index in [9.17, 15) is 18.0 Å². The van der Waals surface area contributed by atoms with Crippen LogP contribution in [0.2, 0.25) is 0 Å². The number of aliphatic carboxylic acids is 1. The lowest BCUT2D eigenvalue weighted by Crippen LogP contribution is -2.37. The van der Waals surface area contributed by atoms with Crippen molar-refractivity contribution >= 4 is 17.6 Å². The number of amides is 1. The van der Waals surface area contributed by atoms with Crippen LogP contribution in [0.1, 0.15) is 29.9 Å². The monoisotopic (exact) mass is 429 g/mol. The van der Waals surface area contributed by atoms with Gasteiger partial charge in [-0.1, -0.05) is 5.16 Å². The van der Waals surface area contributed by atoms with Gasteiger partial charge in [-0.3, -0.25) is 14.4 Å². The molecule has 2 unspecified atom stereocenters. The van der Waals surface area contributed by atoms with Crippen molar-refractivity contribution in [2.75, 3.05) is 11.4 Å². The summed E-state index contributed by atoms with van der Waals surface area (Å²) < 4.78 is 38.7. The highest BCUT2D eigenvalue weighted by Gasteiger charge is 2.47. The Balaban J connectivity index is 0.000000318. The fourth-order valence-electron chi connectivity index (χ4n) is 3.92. The number of rotatable bonds is 3. The average molecular weight is 429 g/mol. The number of alkyl halides is 3. The molecule has 2 aliphatic rings. The third-order valence-corrected chi connectivity index (χ3v) is 5.36. The summed E-state index contributed by atoms with van der Waals surface area (Å²) in [5.41, 5.74) is 3.00. The van der Waals surface area contributed by atoms with Crippen molar-refractivity contribution in [3.05, 3.63) is 29.4 Å². The maximum absolute atomic E-state index is 12.5. The number of hydrogen-bond acceptors (Lipinski definition) is 6. The predicted octanol–water partition coefficient (Wildman–Crippen LogP) is 2.04. The molecule has 2 saturated heterocycles. The van der Waals surface area contributed by atoms with E-state index in [2.05, 4.69) is 15.2 Å². The van der Waals surface area contributed by atoms with Crippen molar-refractivity contribution in [2.45, 2.75) is 51.5 Å². The number of halogens is 3. The number of carbonyl (C=O) groups is 2. The fraction of sp³-hybridized carbons (Fsp3) is 0.556. The first-order valence-electron chi connectivity index (χ1n) is 9.25. The summed E-state index contributed by atoms with van der Waals surface area (Å²) in [6.45, 7) is 5.71. The number of likely N-dealkylation sites (tertiary alicyclic amines) is 1. The molecule has 164 valence electrons. The van der Waals surface area contributed by atoms with Gasteiger partial charge in [0.25, 0.3) is 0 Å². The van der Waals surface area contributed by atoms with E-state index >= 15 is 0 Å². The van der Waals surface area contributed by atoms with Gasteiger partial charge in [0.1, 0.15) is 5.76 Å². The van der Waals surface area contributed by atoms with Crippen LogP contribution in [-0.2, 0) is 23.2 Å². The molecule has 4 heterocycles. The van der Waals surface area contributed by atoms with Gasteiger partial charge in [-0.2, -0.15) is 18.3 Å². The number of fused-ring (bicyclic) bond motifs is 1. The number of aryl methyl sites for hydroxylation is 3. The second-order valence-corrected chi connectivity index (χ2v) is 7.34. The van der Waals surface area contributed by atoms with E-state index in [4.69, 9.17) is 14.4 Å². The van der Waals surface area contributed by atoms with Crippen LogP contribution in [0.4, 0.5) is 18.9 Å². The molecule has 0 saturated carbocycles. The molecule has 4 rings (SSSR count). The zero-order valence-electron chi connectivity index (χ0n) is 16.7. The first-order chi connectivity index (χ1) is 14.0. The van der Waals surface area contributed by atoms with Crippen LogP contribution in [0.25, 0.3) is 0 Å². The molecule has 2 aromatic rings. The smallest absolute Gasteiger partial charge is 0.475 e. The summed E-state index contributed by atoms with van der Waals surface area (Å²) in [6.07, 6.45) is 0.173. The Hall–Kier alpha value is -2.89. The zero-order chi connectivity index (χ0) is 22.2. The fourth-order valence-corrected chi connectivity index (χ4v) is 3.92. The van der Waals surface area contributed by atoms with E-state index in [-0.39, 0.29) is 18.0 Å². The molecule has 2 aliphatic heterocycles. The number of aromatic nitrogens is 3. The summed E-state index contributed by atoms with van der Waals surface area (Å²) in [5, 5.41) is 15.4. The predicted molar refractivity (Wildman–Crippen MR) is 97.6 cm³/mol. The summed E-state index contributed by atoms with van der Waals surface area (Å²) in [7, 11) is 1.87. The van der Waals surface area contributed by atoms with Gasteiger partial charge in [-0.05, 0) is 20.3 Å². The Morgan fingerprint density at radius 2 is 2.00 bits per heavy atom. The van der Waals surface area contributed by atoms with Crippen molar-refractivity contribution < 1.29 is 32.4 Å². The van der Waals surface area contributed by atoms with Crippen molar-refractivity contribution in [3.63, 3.8) is 0 Å². The molecule has 1 amide bonds. The van der Waals surface area contributed by atoms with E-state index in [1.54, 1.807) is 10.9 Å². The molecule has 9 nitrogen and oxygen atoms in total. The standard InChI is InChI=1S/C16H21N5O2.C2HF3O2/c1-10-13(11(2)23-18-10)9-20-5-4-14-15(20)6-16(22)21(14)12-7-17-19(3)8-12;3-2(4,5)1(6)7/h7-8,14-15H,4-6,9H2,1-3H3;(H,6,7). The Morgan fingerprint density at radius 3 is 2.50 bits per heavy atom. The van der Waals surface area contributed by atoms with Gasteiger partial charge in [-0.25, -0.2) is 4.79 Å². The van der Waals surface area contributed by atoms with Crippen molar-refractivity contribution in [1.29, 1.82) is 0 Å². The Morgan fingerprint density at radius 1 is 1.33 bits per heavy atom. The number of carbonyl (C=O) groups excluding carboxylic acids is 1. The maximum atomic E-state index is 12.5. The van der Waals surface area contributed by atoms with Gasteiger partial charge >= 0.3 is 12.1 Å². The first-order valence-corrected chi connectivity index (χ1v) is 9.25. The van der Waals surface area contributed by atoms with Crippen LogP contribution in [-0.4, -0.2) is 61.6 Å². The second-order valence-electron chi connectivity index (χ2n) is 7.34. The normalized spacial score (nSPS) is 21.5. The van der Waals surface area contributed by atoms with Crippen LogP contribution in [0.5, 0.6) is 0 Å². The lowest BCUT2D eigenvalue weighted by Gasteiger charge is -2.24. The Labute approximate surface area is 170 Å². The zero-order valence-corrected chi connectivity index (χ0v) is 16.7. The number of anilines is 1. The molecule has 1 N–H and O–H groups in total. The first kappa shape index (κ1) is 21.8. The molecular weight excluding hydrogens is 407 g/mol. The summed E-state index contributed by atoms with van der Waals surface area (Å²) in [5.74, 6) is -1.69. The molecule has 2 fully saturated rings. The van der Waals surface area contributed by atoms with E-state index in [1.807, 2.05) is 32.0 Å². The minimum atomic E-state index is -5.08. The van der Waals surface area contributed by atoms with Crippen LogP contribution in [0.15, 0.2) is 16.9 Å². The van der Waals surface area contributed by atoms with Gasteiger partial charge in [0.2, 0.25) is 5.91 Å². The van der Waals surface area contributed by atoms with E-state index < -0.39 is 12.1 Å². The molecule has 0 bridgehead atoms. The summed E-state index contributed by atoms with van der Waals surface area (Å²) >= 11 is 0. The minimum Gasteiger partial charge on any atom is -0.475 e. The van der Waals surface area contributed by atoms with Crippen LogP contribution in [0.3, 0.4) is 0 Å². The van der Waals surface area contributed by atoms with Crippen LogP contribution < -0.4 is 4.90 Å². The van der Waals surface area contributed by atoms with Gasteiger partial charge in [0, 0.05) is 44.4 Å². The van der Waals surface area contributed by atoms with Gasteiger partial charge in [0.15, 0.2) is 0 Å². The SMILES string of the molecule is Cc1noc(C)c1CN1CCC2C1CC(=O)N2c1cnn(C)c1.O=C(O)C(F)(F)F. The van der Waals surface area contributed by atoms with Crippen molar-refractivity contribution in [3.8, 4) is 0 Å². The van der Waals surface area contributed by atoms with E-state index in [0.717, 1.165) is 42.2 Å². The minimum absolute atomic E-state index is 0.191. The van der Waals surface area contributed by atoms with Gasteiger partial charge < -0.3 is 14.5 Å². The number of hydrogen-bond donors (Lipinski definition) is 1. The highest BCUT2D eigenvalue weighted by atomic mass is 19.4. The quantitative estimate of drug-likeness (QED) is 0.796. The number of carboxylic acid groups (broad SMARTS) is 1. The maximum Gasteiger partial charge on any atom is 0.490 e. The topological polar surface area (TPSA) is 105 Å². The third-order valence-electron chi connectivity index (χ3n) is 5.36. The average Bonchev–Trinajstić information content (AvgIpc) is 3.38. The van der Waals surface area contributed by atoms with Crippen molar-refractivity contribution in [1.82, 2.24) is 19.8 Å². The second kappa shape index (κ2) is 8.09. The molecule has 12 heteroatoms. The highest BCUT2D eigenvalue weighted by Crippen LogP contribution is 2.36. The van der Waals surface area contributed by atoms with Gasteiger partial charge in [-0.15, -0.1) is 0 Å². The molecule has 0 aromatic carbocycles. The molecule has 2 aromatic heterocycles. The molecule has 30 heavy (non-hydrogen) atoms. The lowest BCUT2D eigenvalue weighted by atomic mass is 10.1. The lowest BCUT2D eigenvalue weighted by molar-refractivity contribution is -0.192. The largest absolute Gasteiger partial charge is 0.490 e. The van der Waals surface area contributed by atoms with Gasteiger partial charge in [0.05, 0.1) is 23.6 Å². The molecule has 2 atom stereocenters. The molecule has 0 radical (unpaired) electrons. The Bertz CT molecular complexity index is 919. The van der Waals surface area contributed by atoms with E-state index in [0.29, 0.717) is 6.42 Å². The summed E-state index contributed by atoms with van der Waals surface area (Å²) in [4.78, 5) is 25.7. The number of nitrogens with zero attached hydrogens (tertiary/aromatic N) is 5. The highest BCUT2D eigenvalue weighted by molar-refractivity contribution is 5.97. The summed E-state index contributed by atoms with van der Waals surface area (Å²) in [6, 6.07) is 0.503. The van der Waals surface area contributed by atoms with Crippen LogP contribution >= 0.6 is 0 Å². The molecule has 0 aliphatic carbocycles. The third kappa shape index (κ3) is 4.32.